The van der Waals surface area contributed by atoms with Gasteiger partial charge in [0.05, 0.1) is 5.69 Å². The number of hydrogen-bond acceptors (Lipinski definition) is 2. The first kappa shape index (κ1) is 12.8. The molecule has 1 fully saturated rings. The highest BCUT2D eigenvalue weighted by atomic mass is 127. The zero-order valence-corrected chi connectivity index (χ0v) is 13.1. The van der Waals surface area contributed by atoms with Gasteiger partial charge in [-0.1, -0.05) is 44.2 Å². The first-order chi connectivity index (χ1) is 8.99. The second-order valence-electron chi connectivity index (χ2n) is 5.73. The Hall–Kier alpha value is -1.17. The van der Waals surface area contributed by atoms with Crippen molar-refractivity contribution in [2.24, 2.45) is 5.41 Å². The van der Waals surface area contributed by atoms with Crippen molar-refractivity contribution in [3.8, 4) is 11.3 Å². The first-order valence-electron chi connectivity index (χ1n) is 6.34. The Kier molecular flexibility index (Phi) is 3.00. The predicted molar refractivity (Wildman–Crippen MR) is 84.1 cm³/mol. The summed E-state index contributed by atoms with van der Waals surface area (Å²) in [7, 11) is 0. The fraction of sp³-hybridized carbons (Fsp3) is 0.333. The summed E-state index contributed by atoms with van der Waals surface area (Å²) >= 11 is 2.07. The normalized spacial score (nSPS) is 20.3. The molecule has 1 saturated carbocycles. The van der Waals surface area contributed by atoms with Crippen molar-refractivity contribution in [3.05, 3.63) is 50.1 Å². The van der Waals surface area contributed by atoms with Gasteiger partial charge in [0.25, 0.3) is 5.56 Å². The topological polar surface area (TPSA) is 45.8 Å². The highest BCUT2D eigenvalue weighted by Crippen LogP contribution is 2.57. The summed E-state index contributed by atoms with van der Waals surface area (Å²) in [6.07, 6.45) is 1.09. The third kappa shape index (κ3) is 2.33. The van der Waals surface area contributed by atoms with Crippen molar-refractivity contribution >= 4 is 22.6 Å². The Labute approximate surface area is 125 Å². The number of H-pyrrole nitrogens is 1. The lowest BCUT2D eigenvalue weighted by molar-refractivity contribution is 0.607. The number of aromatic nitrogens is 2. The predicted octanol–water partition coefficient (Wildman–Crippen LogP) is 3.56. The van der Waals surface area contributed by atoms with Crippen molar-refractivity contribution < 1.29 is 0 Å². The van der Waals surface area contributed by atoms with E-state index in [0.29, 0.717) is 9.49 Å². The van der Waals surface area contributed by atoms with Crippen LogP contribution >= 0.6 is 22.6 Å². The van der Waals surface area contributed by atoms with Gasteiger partial charge in [-0.2, -0.15) is 0 Å². The van der Waals surface area contributed by atoms with Gasteiger partial charge in [0.2, 0.25) is 0 Å². The molecule has 2 aromatic rings. The van der Waals surface area contributed by atoms with Crippen LogP contribution in [0.3, 0.4) is 0 Å². The van der Waals surface area contributed by atoms with Crippen molar-refractivity contribution in [1.29, 1.82) is 0 Å². The molecule has 3 rings (SSSR count). The number of benzene rings is 1. The second-order valence-corrected chi connectivity index (χ2v) is 6.80. The summed E-state index contributed by atoms with van der Waals surface area (Å²) in [5.41, 5.74) is 2.02. The molecule has 1 N–H and O–H groups in total. The molecule has 4 heteroatoms. The molecular weight excluding hydrogens is 351 g/mol. The molecule has 0 aliphatic heterocycles. The summed E-state index contributed by atoms with van der Waals surface area (Å²) in [6, 6.07) is 9.88. The van der Waals surface area contributed by atoms with Gasteiger partial charge in [0.15, 0.2) is 0 Å². The van der Waals surface area contributed by atoms with E-state index in [4.69, 9.17) is 4.98 Å². The fourth-order valence-electron chi connectivity index (χ4n) is 2.36. The summed E-state index contributed by atoms with van der Waals surface area (Å²) in [5.74, 6) is 1.20. The highest BCUT2D eigenvalue weighted by Gasteiger charge is 2.48. The lowest BCUT2D eigenvalue weighted by Gasteiger charge is -2.08. The van der Waals surface area contributed by atoms with Gasteiger partial charge in [-0.25, -0.2) is 4.98 Å². The molecule has 1 aromatic carbocycles. The van der Waals surface area contributed by atoms with Gasteiger partial charge < -0.3 is 4.98 Å². The number of nitrogens with one attached hydrogen (secondary N) is 1. The Morgan fingerprint density at radius 3 is 2.53 bits per heavy atom. The van der Waals surface area contributed by atoms with Crippen LogP contribution in [0, 0.1) is 8.99 Å². The van der Waals surface area contributed by atoms with Gasteiger partial charge >= 0.3 is 0 Å². The number of rotatable bonds is 2. The van der Waals surface area contributed by atoms with E-state index in [1.165, 1.54) is 0 Å². The molecule has 1 aromatic heterocycles. The molecule has 1 atom stereocenters. The van der Waals surface area contributed by atoms with Gasteiger partial charge in [-0.05, 0) is 34.4 Å². The van der Waals surface area contributed by atoms with Crippen molar-refractivity contribution in [2.75, 3.05) is 0 Å². The molecule has 3 nitrogen and oxygen atoms in total. The van der Waals surface area contributed by atoms with E-state index in [1.807, 2.05) is 30.3 Å². The molecule has 1 aliphatic carbocycles. The number of hydrogen-bond donors (Lipinski definition) is 1. The lowest BCUT2D eigenvalue weighted by atomic mass is 10.1. The Morgan fingerprint density at radius 2 is 1.95 bits per heavy atom. The van der Waals surface area contributed by atoms with E-state index in [1.54, 1.807) is 0 Å². The molecule has 0 spiro atoms. The van der Waals surface area contributed by atoms with Crippen LogP contribution in [0.2, 0.25) is 0 Å². The van der Waals surface area contributed by atoms with Crippen LogP contribution in [-0.4, -0.2) is 9.97 Å². The Balaban J connectivity index is 2.13. The first-order valence-corrected chi connectivity index (χ1v) is 7.42. The fourth-order valence-corrected chi connectivity index (χ4v) is 2.93. The molecule has 1 unspecified atom stereocenters. The number of halogens is 1. The van der Waals surface area contributed by atoms with E-state index in [9.17, 15) is 4.79 Å². The van der Waals surface area contributed by atoms with Gasteiger partial charge in [0.1, 0.15) is 9.39 Å². The summed E-state index contributed by atoms with van der Waals surface area (Å²) in [5, 5.41) is 0. The minimum atomic E-state index is -0.0350. The zero-order valence-electron chi connectivity index (χ0n) is 10.9. The number of nitrogens with zero attached hydrogens (tertiary/aromatic N) is 1. The minimum absolute atomic E-state index is 0.0350. The molecule has 0 bridgehead atoms. The average Bonchev–Trinajstić information content (AvgIpc) is 3.03. The second kappa shape index (κ2) is 4.44. The van der Waals surface area contributed by atoms with E-state index in [-0.39, 0.29) is 11.0 Å². The van der Waals surface area contributed by atoms with Crippen LogP contribution in [0.15, 0.2) is 35.1 Å². The van der Waals surface area contributed by atoms with Crippen LogP contribution in [0.25, 0.3) is 11.3 Å². The largest absolute Gasteiger partial charge is 0.309 e. The average molecular weight is 366 g/mol. The minimum Gasteiger partial charge on any atom is -0.309 e. The van der Waals surface area contributed by atoms with Gasteiger partial charge in [-0.15, -0.1) is 0 Å². The maximum Gasteiger partial charge on any atom is 0.264 e. The maximum absolute atomic E-state index is 12.1. The van der Waals surface area contributed by atoms with Crippen LogP contribution < -0.4 is 5.56 Å². The molecule has 0 radical (unpaired) electrons. The van der Waals surface area contributed by atoms with Crippen LogP contribution in [-0.2, 0) is 0 Å². The van der Waals surface area contributed by atoms with Crippen molar-refractivity contribution in [2.45, 2.75) is 26.2 Å². The molecular formula is C15H15IN2O. The SMILES string of the molecule is CC1(C)CC1c1nc(-c2ccccc2)c(I)c(=O)[nH]1. The van der Waals surface area contributed by atoms with Crippen LogP contribution in [0.1, 0.15) is 32.0 Å². The van der Waals surface area contributed by atoms with E-state index in [0.717, 1.165) is 23.5 Å². The van der Waals surface area contributed by atoms with Gasteiger partial charge in [-0.3, -0.25) is 4.79 Å². The van der Waals surface area contributed by atoms with E-state index >= 15 is 0 Å². The molecule has 19 heavy (non-hydrogen) atoms. The standard InChI is InChI=1S/C15H15IN2O/c1-15(2)8-10(15)13-17-12(11(16)14(19)18-13)9-6-4-3-5-7-9/h3-7,10H,8H2,1-2H3,(H,17,18,19). The highest BCUT2D eigenvalue weighted by molar-refractivity contribution is 14.1. The summed E-state index contributed by atoms with van der Waals surface area (Å²) in [6.45, 7) is 4.41. The van der Waals surface area contributed by atoms with Crippen LogP contribution in [0.4, 0.5) is 0 Å². The molecule has 98 valence electrons. The molecule has 1 heterocycles. The van der Waals surface area contributed by atoms with E-state index < -0.39 is 0 Å². The van der Waals surface area contributed by atoms with Crippen LogP contribution in [0.5, 0.6) is 0 Å². The quantitative estimate of drug-likeness (QED) is 0.827. The van der Waals surface area contributed by atoms with Crippen molar-refractivity contribution in [1.82, 2.24) is 9.97 Å². The monoisotopic (exact) mass is 366 g/mol. The molecule has 0 amide bonds. The Morgan fingerprint density at radius 1 is 1.32 bits per heavy atom. The third-order valence-electron chi connectivity index (χ3n) is 3.77. The van der Waals surface area contributed by atoms with Crippen molar-refractivity contribution in [3.63, 3.8) is 0 Å². The summed E-state index contributed by atoms with van der Waals surface area (Å²) in [4.78, 5) is 19.7. The molecule has 0 saturated heterocycles. The summed E-state index contributed by atoms with van der Waals surface area (Å²) < 4.78 is 0.658. The Bertz CT molecular complexity index is 676. The molecule has 1 aliphatic rings. The smallest absolute Gasteiger partial charge is 0.264 e. The van der Waals surface area contributed by atoms with E-state index in [2.05, 4.69) is 41.4 Å². The maximum atomic E-state index is 12.1. The lowest BCUT2D eigenvalue weighted by Crippen LogP contribution is -2.16. The number of aromatic amines is 1. The third-order valence-corrected chi connectivity index (χ3v) is 4.77. The van der Waals surface area contributed by atoms with Gasteiger partial charge in [0, 0.05) is 11.5 Å². The zero-order chi connectivity index (χ0) is 13.6.